The van der Waals surface area contributed by atoms with Crippen LogP contribution in [-0.2, 0) is 10.2 Å². The maximum Gasteiger partial charge on any atom is 0.255 e. The minimum Gasteiger partial charge on any atom is -0.495 e. The first-order valence-corrected chi connectivity index (χ1v) is 9.68. The molecule has 0 radical (unpaired) electrons. The van der Waals surface area contributed by atoms with Gasteiger partial charge in [-0.1, -0.05) is 26.8 Å². The van der Waals surface area contributed by atoms with Gasteiger partial charge in [-0.25, -0.2) is 0 Å². The van der Waals surface area contributed by atoms with Gasteiger partial charge in [0.1, 0.15) is 5.75 Å². The number of methoxy groups -OCH3 is 1. The Morgan fingerprint density at radius 2 is 1.93 bits per heavy atom. The van der Waals surface area contributed by atoms with Crippen molar-refractivity contribution >= 4 is 35.0 Å². The Kier molecular flexibility index (Phi) is 5.20. The molecule has 0 aliphatic carbocycles. The van der Waals surface area contributed by atoms with E-state index in [4.69, 9.17) is 4.74 Å². The standard InChI is InChI=1S/C21H24N2O3S/c1-12-19(24)23-16-10-13(6-9-18(16)27-12)20(25)22-15-11-14(21(2,3)4)7-8-17(15)26-5/h6-12H,1-5H3,(H,22,25)(H,23,24)/t12-/m0/s1. The van der Waals surface area contributed by atoms with E-state index in [1.807, 2.05) is 31.2 Å². The molecule has 0 spiro atoms. The van der Waals surface area contributed by atoms with Crippen LogP contribution in [0.4, 0.5) is 11.4 Å². The molecule has 0 saturated heterocycles. The topological polar surface area (TPSA) is 67.4 Å². The Balaban J connectivity index is 1.88. The lowest BCUT2D eigenvalue weighted by molar-refractivity contribution is -0.115. The maximum absolute atomic E-state index is 12.8. The number of anilines is 2. The second-order valence-electron chi connectivity index (χ2n) is 7.58. The van der Waals surface area contributed by atoms with Gasteiger partial charge in [-0.15, -0.1) is 11.8 Å². The van der Waals surface area contributed by atoms with Gasteiger partial charge in [-0.3, -0.25) is 9.59 Å². The van der Waals surface area contributed by atoms with Gasteiger partial charge in [-0.2, -0.15) is 0 Å². The third kappa shape index (κ3) is 4.11. The minimum absolute atomic E-state index is 0.0459. The molecule has 27 heavy (non-hydrogen) atoms. The summed E-state index contributed by atoms with van der Waals surface area (Å²) in [6, 6.07) is 11.2. The van der Waals surface area contributed by atoms with Crippen molar-refractivity contribution in [3.8, 4) is 5.75 Å². The number of ether oxygens (including phenoxy) is 1. The van der Waals surface area contributed by atoms with Gasteiger partial charge >= 0.3 is 0 Å². The Bertz CT molecular complexity index is 903. The number of carbonyl (C=O) groups excluding carboxylic acids is 2. The van der Waals surface area contributed by atoms with Gasteiger partial charge in [0.15, 0.2) is 0 Å². The fraction of sp³-hybridized carbons (Fsp3) is 0.333. The van der Waals surface area contributed by atoms with E-state index in [1.54, 1.807) is 19.2 Å². The Morgan fingerprint density at radius 1 is 1.19 bits per heavy atom. The number of nitrogens with one attached hydrogen (secondary N) is 2. The highest BCUT2D eigenvalue weighted by atomic mass is 32.2. The first kappa shape index (κ1) is 19.3. The zero-order chi connectivity index (χ0) is 19.8. The van der Waals surface area contributed by atoms with E-state index in [0.717, 1.165) is 10.5 Å². The molecule has 2 amide bonds. The summed E-state index contributed by atoms with van der Waals surface area (Å²) >= 11 is 1.49. The van der Waals surface area contributed by atoms with E-state index >= 15 is 0 Å². The van der Waals surface area contributed by atoms with Crippen LogP contribution >= 0.6 is 11.8 Å². The molecule has 1 aliphatic heterocycles. The molecule has 2 N–H and O–H groups in total. The fourth-order valence-corrected chi connectivity index (χ4v) is 3.75. The molecule has 1 aliphatic rings. The minimum atomic E-state index is -0.250. The molecule has 0 aromatic heterocycles. The zero-order valence-corrected chi connectivity index (χ0v) is 17.0. The molecule has 1 atom stereocenters. The Labute approximate surface area is 163 Å². The Morgan fingerprint density at radius 3 is 2.59 bits per heavy atom. The predicted octanol–water partition coefficient (Wildman–Crippen LogP) is 4.68. The number of hydrogen-bond donors (Lipinski definition) is 2. The molecule has 0 unspecified atom stereocenters. The number of carbonyl (C=O) groups is 2. The van der Waals surface area contributed by atoms with Crippen LogP contribution in [0.1, 0.15) is 43.6 Å². The zero-order valence-electron chi connectivity index (χ0n) is 16.2. The van der Waals surface area contributed by atoms with Gasteiger partial charge in [0.05, 0.1) is 23.7 Å². The van der Waals surface area contributed by atoms with Crippen molar-refractivity contribution in [2.24, 2.45) is 0 Å². The largest absolute Gasteiger partial charge is 0.495 e. The molecular formula is C21H24N2O3S. The highest BCUT2D eigenvalue weighted by molar-refractivity contribution is 8.00. The highest BCUT2D eigenvalue weighted by Gasteiger charge is 2.24. The van der Waals surface area contributed by atoms with Crippen molar-refractivity contribution in [1.82, 2.24) is 0 Å². The number of benzene rings is 2. The summed E-state index contributed by atoms with van der Waals surface area (Å²) in [7, 11) is 1.58. The molecule has 3 rings (SSSR count). The second-order valence-corrected chi connectivity index (χ2v) is 8.96. The molecule has 5 nitrogen and oxygen atoms in total. The highest BCUT2D eigenvalue weighted by Crippen LogP contribution is 2.36. The average Bonchev–Trinajstić information content (AvgIpc) is 2.61. The summed E-state index contributed by atoms with van der Waals surface area (Å²) in [5.41, 5.74) is 2.83. The monoisotopic (exact) mass is 384 g/mol. The SMILES string of the molecule is COc1ccc(C(C)(C)C)cc1NC(=O)c1ccc2c(c1)NC(=O)[C@H](C)S2. The molecule has 0 saturated carbocycles. The van der Waals surface area contributed by atoms with Crippen molar-refractivity contribution in [2.75, 3.05) is 17.7 Å². The van der Waals surface area contributed by atoms with Gasteiger partial charge in [0, 0.05) is 10.5 Å². The number of fused-ring (bicyclic) bond motifs is 1. The number of hydrogen-bond acceptors (Lipinski definition) is 4. The molecule has 0 fully saturated rings. The lowest BCUT2D eigenvalue weighted by Gasteiger charge is -2.22. The van der Waals surface area contributed by atoms with Crippen molar-refractivity contribution in [3.05, 3.63) is 47.5 Å². The van der Waals surface area contributed by atoms with Crippen molar-refractivity contribution in [2.45, 2.75) is 43.3 Å². The van der Waals surface area contributed by atoms with Gasteiger partial charge in [-0.05, 0) is 48.2 Å². The van der Waals surface area contributed by atoms with E-state index in [2.05, 4.69) is 31.4 Å². The van der Waals surface area contributed by atoms with Crippen LogP contribution in [0.3, 0.4) is 0 Å². The summed E-state index contributed by atoms with van der Waals surface area (Å²) in [4.78, 5) is 25.6. The number of amides is 2. The Hall–Kier alpha value is -2.47. The predicted molar refractivity (Wildman–Crippen MR) is 110 cm³/mol. The summed E-state index contributed by atoms with van der Waals surface area (Å²) in [5.74, 6) is 0.302. The molecular weight excluding hydrogens is 360 g/mol. The first-order chi connectivity index (χ1) is 12.7. The van der Waals surface area contributed by atoms with E-state index in [1.165, 1.54) is 11.8 Å². The lowest BCUT2D eigenvalue weighted by Crippen LogP contribution is -2.26. The summed E-state index contributed by atoms with van der Waals surface area (Å²) in [6.07, 6.45) is 0. The smallest absolute Gasteiger partial charge is 0.255 e. The number of thioether (sulfide) groups is 1. The average molecular weight is 385 g/mol. The van der Waals surface area contributed by atoms with Crippen LogP contribution in [-0.4, -0.2) is 24.2 Å². The van der Waals surface area contributed by atoms with Gasteiger partial charge in [0.2, 0.25) is 5.91 Å². The normalized spacial score (nSPS) is 16.3. The molecule has 2 aromatic rings. The second kappa shape index (κ2) is 7.27. The fourth-order valence-electron chi connectivity index (χ4n) is 2.82. The van der Waals surface area contributed by atoms with Gasteiger partial charge < -0.3 is 15.4 Å². The molecule has 0 bridgehead atoms. The van der Waals surface area contributed by atoms with Crippen molar-refractivity contribution in [3.63, 3.8) is 0 Å². The summed E-state index contributed by atoms with van der Waals surface area (Å²) in [5, 5.41) is 5.65. The van der Waals surface area contributed by atoms with E-state index in [0.29, 0.717) is 22.7 Å². The molecule has 2 aromatic carbocycles. The van der Waals surface area contributed by atoms with E-state index < -0.39 is 0 Å². The van der Waals surface area contributed by atoms with Gasteiger partial charge in [0.25, 0.3) is 5.91 Å². The number of rotatable bonds is 3. The van der Waals surface area contributed by atoms with E-state index in [9.17, 15) is 9.59 Å². The quantitative estimate of drug-likeness (QED) is 0.806. The van der Waals surface area contributed by atoms with Crippen LogP contribution in [0, 0.1) is 0 Å². The van der Waals surface area contributed by atoms with Crippen LogP contribution in [0.2, 0.25) is 0 Å². The van der Waals surface area contributed by atoms with Crippen LogP contribution in [0.15, 0.2) is 41.3 Å². The molecule has 6 heteroatoms. The first-order valence-electron chi connectivity index (χ1n) is 8.80. The van der Waals surface area contributed by atoms with Crippen molar-refractivity contribution in [1.29, 1.82) is 0 Å². The lowest BCUT2D eigenvalue weighted by atomic mass is 9.87. The van der Waals surface area contributed by atoms with Crippen molar-refractivity contribution < 1.29 is 14.3 Å². The maximum atomic E-state index is 12.8. The van der Waals surface area contributed by atoms with E-state index in [-0.39, 0.29) is 22.5 Å². The summed E-state index contributed by atoms with van der Waals surface area (Å²) in [6.45, 7) is 8.21. The van der Waals surface area contributed by atoms with Crippen LogP contribution in [0.25, 0.3) is 0 Å². The summed E-state index contributed by atoms with van der Waals surface area (Å²) < 4.78 is 5.39. The molecule has 142 valence electrons. The van der Waals surface area contributed by atoms with Crippen LogP contribution in [0.5, 0.6) is 5.75 Å². The third-order valence-corrected chi connectivity index (χ3v) is 5.66. The van der Waals surface area contributed by atoms with Crippen LogP contribution < -0.4 is 15.4 Å². The molecule has 1 heterocycles. The third-order valence-electron chi connectivity index (χ3n) is 4.49.